The number of aryl methyl sites for hydroxylation is 1. The first-order valence-corrected chi connectivity index (χ1v) is 9.50. The van der Waals surface area contributed by atoms with Crippen LogP contribution in [0.15, 0.2) is 47.4 Å². The topological polar surface area (TPSA) is 95.6 Å². The summed E-state index contributed by atoms with van der Waals surface area (Å²) in [6.07, 6.45) is 0.170. The highest BCUT2D eigenvalue weighted by Gasteiger charge is 2.26. The molecule has 0 radical (unpaired) electrons. The average Bonchev–Trinajstić information content (AvgIpc) is 2.89. The van der Waals surface area contributed by atoms with Crippen molar-refractivity contribution in [1.82, 2.24) is 4.72 Å². The van der Waals surface area contributed by atoms with E-state index in [1.165, 1.54) is 17.0 Å². The van der Waals surface area contributed by atoms with Gasteiger partial charge >= 0.3 is 0 Å². The summed E-state index contributed by atoms with van der Waals surface area (Å²) < 4.78 is 27.1. The molecule has 7 nitrogen and oxygen atoms in total. The van der Waals surface area contributed by atoms with E-state index < -0.39 is 15.9 Å². The molecule has 26 heavy (non-hydrogen) atoms. The number of benzene rings is 2. The second-order valence-electron chi connectivity index (χ2n) is 6.16. The van der Waals surface area contributed by atoms with E-state index in [0.29, 0.717) is 16.9 Å². The van der Waals surface area contributed by atoms with Gasteiger partial charge in [0.05, 0.1) is 17.9 Å². The van der Waals surface area contributed by atoms with E-state index in [9.17, 15) is 18.0 Å². The van der Waals surface area contributed by atoms with E-state index in [1.54, 1.807) is 25.2 Å². The lowest BCUT2D eigenvalue weighted by Gasteiger charge is -2.11. The molecular formula is C18H19N3O4S. The molecular weight excluding hydrogens is 354 g/mol. The second kappa shape index (κ2) is 6.89. The van der Waals surface area contributed by atoms with Crippen LogP contribution < -0.4 is 14.9 Å². The van der Waals surface area contributed by atoms with E-state index >= 15 is 0 Å². The number of hydrogen-bond acceptors (Lipinski definition) is 4. The van der Waals surface area contributed by atoms with Gasteiger partial charge in [0, 0.05) is 18.4 Å². The largest absolute Gasteiger partial charge is 0.325 e. The van der Waals surface area contributed by atoms with Gasteiger partial charge in [-0.3, -0.25) is 9.59 Å². The minimum Gasteiger partial charge on any atom is -0.325 e. The summed E-state index contributed by atoms with van der Waals surface area (Å²) in [5.41, 5.74) is 3.01. The molecule has 2 N–H and O–H groups in total. The van der Waals surface area contributed by atoms with Crippen molar-refractivity contribution >= 4 is 33.2 Å². The average molecular weight is 373 g/mol. The Morgan fingerprint density at radius 2 is 1.85 bits per heavy atom. The smallest absolute Gasteiger partial charge is 0.241 e. The van der Waals surface area contributed by atoms with Gasteiger partial charge in [0.25, 0.3) is 0 Å². The Morgan fingerprint density at radius 1 is 1.15 bits per heavy atom. The molecule has 0 spiro atoms. The highest BCUT2D eigenvalue weighted by Crippen LogP contribution is 2.29. The van der Waals surface area contributed by atoms with Crippen molar-refractivity contribution < 1.29 is 18.0 Å². The van der Waals surface area contributed by atoms with Gasteiger partial charge in [-0.1, -0.05) is 17.7 Å². The fourth-order valence-electron chi connectivity index (χ4n) is 2.70. The number of nitrogens with zero attached hydrogens (tertiary/aromatic N) is 1. The first kappa shape index (κ1) is 18.1. The van der Waals surface area contributed by atoms with Crippen molar-refractivity contribution in [1.29, 1.82) is 0 Å². The molecule has 0 bridgehead atoms. The van der Waals surface area contributed by atoms with Crippen LogP contribution in [0.25, 0.3) is 0 Å². The Labute approximate surface area is 152 Å². The number of fused-ring (bicyclic) bond motifs is 1. The summed E-state index contributed by atoms with van der Waals surface area (Å²) >= 11 is 0. The van der Waals surface area contributed by atoms with Crippen LogP contribution in [0.1, 0.15) is 11.1 Å². The van der Waals surface area contributed by atoms with Gasteiger partial charge in [-0.25, -0.2) is 13.1 Å². The molecule has 2 aromatic rings. The van der Waals surface area contributed by atoms with E-state index in [-0.39, 0.29) is 23.8 Å². The SMILES string of the molecule is Cc1ccc(NC(=O)CNS(=O)(=O)c2ccc3c(c2)CC(=O)N3C)cc1. The molecule has 8 heteroatoms. The van der Waals surface area contributed by atoms with Crippen molar-refractivity contribution in [3.05, 3.63) is 53.6 Å². The number of carbonyl (C=O) groups excluding carboxylic acids is 2. The van der Waals surface area contributed by atoms with Gasteiger partial charge in [0.2, 0.25) is 21.8 Å². The summed E-state index contributed by atoms with van der Waals surface area (Å²) in [7, 11) is -2.20. The van der Waals surface area contributed by atoms with Crippen LogP contribution in [0, 0.1) is 6.92 Å². The number of hydrogen-bond donors (Lipinski definition) is 2. The minimum absolute atomic E-state index is 0.0301. The first-order chi connectivity index (χ1) is 12.3. The van der Waals surface area contributed by atoms with Gasteiger partial charge < -0.3 is 10.2 Å². The molecule has 0 atom stereocenters. The Balaban J connectivity index is 1.66. The maximum Gasteiger partial charge on any atom is 0.241 e. The van der Waals surface area contributed by atoms with Gasteiger partial charge in [-0.05, 0) is 42.8 Å². The Morgan fingerprint density at radius 3 is 2.54 bits per heavy atom. The predicted molar refractivity (Wildman–Crippen MR) is 98.6 cm³/mol. The number of anilines is 2. The van der Waals surface area contributed by atoms with Crippen LogP contribution in [0.4, 0.5) is 11.4 Å². The van der Waals surface area contributed by atoms with Crippen molar-refractivity contribution in [2.45, 2.75) is 18.2 Å². The molecule has 1 heterocycles. The fourth-order valence-corrected chi connectivity index (χ4v) is 3.73. The summed E-state index contributed by atoms with van der Waals surface area (Å²) in [4.78, 5) is 25.2. The third-order valence-electron chi connectivity index (χ3n) is 4.20. The molecule has 0 saturated carbocycles. The quantitative estimate of drug-likeness (QED) is 0.829. The third kappa shape index (κ3) is 3.76. The third-order valence-corrected chi connectivity index (χ3v) is 5.60. The Bertz CT molecular complexity index is 968. The second-order valence-corrected chi connectivity index (χ2v) is 7.93. The number of nitrogens with one attached hydrogen (secondary N) is 2. The predicted octanol–water partition coefficient (Wildman–Crippen LogP) is 1.43. The van der Waals surface area contributed by atoms with Crippen LogP contribution in [-0.4, -0.2) is 33.8 Å². The van der Waals surface area contributed by atoms with Crippen molar-refractivity contribution in [3.8, 4) is 0 Å². The van der Waals surface area contributed by atoms with Crippen LogP contribution in [0.5, 0.6) is 0 Å². The normalized spacial score (nSPS) is 13.6. The number of amides is 2. The Hall–Kier alpha value is -2.71. The molecule has 0 saturated heterocycles. The zero-order chi connectivity index (χ0) is 18.9. The monoisotopic (exact) mass is 373 g/mol. The van der Waals surface area contributed by atoms with Gasteiger partial charge in [-0.2, -0.15) is 0 Å². The van der Waals surface area contributed by atoms with Crippen molar-refractivity contribution in [2.24, 2.45) is 0 Å². The van der Waals surface area contributed by atoms with Crippen LogP contribution in [0.2, 0.25) is 0 Å². The lowest BCUT2D eigenvalue weighted by atomic mass is 10.2. The van der Waals surface area contributed by atoms with Gasteiger partial charge in [0.15, 0.2) is 0 Å². The minimum atomic E-state index is -3.85. The standard InChI is InChI=1S/C18H19N3O4S/c1-12-3-5-14(6-4-12)20-17(22)11-19-26(24,25)15-7-8-16-13(9-15)10-18(23)21(16)2/h3-9,19H,10-11H2,1-2H3,(H,20,22). The first-order valence-electron chi connectivity index (χ1n) is 8.02. The number of carbonyl (C=O) groups is 2. The molecule has 1 aliphatic heterocycles. The lowest BCUT2D eigenvalue weighted by Crippen LogP contribution is -2.32. The van der Waals surface area contributed by atoms with Crippen LogP contribution >= 0.6 is 0 Å². The zero-order valence-corrected chi connectivity index (χ0v) is 15.3. The summed E-state index contributed by atoms with van der Waals surface area (Å²) in [6.45, 7) is 1.55. The van der Waals surface area contributed by atoms with Crippen LogP contribution in [-0.2, 0) is 26.0 Å². The molecule has 1 aliphatic rings. The Kier molecular flexibility index (Phi) is 4.80. The number of sulfonamides is 1. The van der Waals surface area contributed by atoms with E-state index in [4.69, 9.17) is 0 Å². The summed E-state index contributed by atoms with van der Waals surface area (Å²) in [5, 5.41) is 2.63. The number of rotatable bonds is 5. The van der Waals surface area contributed by atoms with E-state index in [2.05, 4.69) is 10.0 Å². The molecule has 2 amide bonds. The maximum absolute atomic E-state index is 12.4. The highest BCUT2D eigenvalue weighted by molar-refractivity contribution is 7.89. The highest BCUT2D eigenvalue weighted by atomic mass is 32.2. The zero-order valence-electron chi connectivity index (χ0n) is 14.4. The van der Waals surface area contributed by atoms with E-state index in [1.807, 2.05) is 19.1 Å². The molecule has 136 valence electrons. The molecule has 2 aromatic carbocycles. The maximum atomic E-state index is 12.4. The van der Waals surface area contributed by atoms with Gasteiger partial charge in [-0.15, -0.1) is 0 Å². The van der Waals surface area contributed by atoms with Crippen LogP contribution in [0.3, 0.4) is 0 Å². The van der Waals surface area contributed by atoms with Crippen molar-refractivity contribution in [3.63, 3.8) is 0 Å². The van der Waals surface area contributed by atoms with Crippen molar-refractivity contribution in [2.75, 3.05) is 23.8 Å². The number of likely N-dealkylation sites (N-methyl/N-ethyl adjacent to an activating group) is 1. The molecule has 0 unspecified atom stereocenters. The molecule has 0 aromatic heterocycles. The molecule has 0 aliphatic carbocycles. The summed E-state index contributed by atoms with van der Waals surface area (Å²) in [6, 6.07) is 11.7. The van der Waals surface area contributed by atoms with Gasteiger partial charge in [0.1, 0.15) is 0 Å². The van der Waals surface area contributed by atoms with E-state index in [0.717, 1.165) is 5.56 Å². The lowest BCUT2D eigenvalue weighted by molar-refractivity contribution is -0.117. The molecule has 3 rings (SSSR count). The summed E-state index contributed by atoms with van der Waals surface area (Å²) in [5.74, 6) is -0.548. The molecule has 0 fully saturated rings. The fraction of sp³-hybridized carbons (Fsp3) is 0.222.